The molecular formula is C20H23NO2. The third kappa shape index (κ3) is 1.90. The Bertz CT molecular complexity index is 758. The SMILES string of the molecule is CN1CCC2(CC1)c1ccccc1C(C)(O)c1c(O)cccc12. The van der Waals surface area contributed by atoms with Gasteiger partial charge in [0, 0.05) is 11.0 Å². The van der Waals surface area contributed by atoms with Gasteiger partial charge in [-0.05, 0) is 62.7 Å². The first-order valence-corrected chi connectivity index (χ1v) is 8.31. The van der Waals surface area contributed by atoms with Gasteiger partial charge < -0.3 is 15.1 Å². The first-order valence-electron chi connectivity index (χ1n) is 8.31. The number of likely N-dealkylation sites (tertiary alicyclic amines) is 1. The zero-order chi connectivity index (χ0) is 16.2. The molecule has 1 aliphatic carbocycles. The van der Waals surface area contributed by atoms with Crippen molar-refractivity contribution in [2.75, 3.05) is 20.1 Å². The van der Waals surface area contributed by atoms with Gasteiger partial charge in [0.25, 0.3) is 0 Å². The van der Waals surface area contributed by atoms with E-state index in [9.17, 15) is 10.2 Å². The van der Waals surface area contributed by atoms with E-state index >= 15 is 0 Å². The number of nitrogens with zero attached hydrogens (tertiary/aromatic N) is 1. The summed E-state index contributed by atoms with van der Waals surface area (Å²) in [6.07, 6.45) is 2.01. The number of phenols is 1. The largest absolute Gasteiger partial charge is 0.508 e. The van der Waals surface area contributed by atoms with Crippen molar-refractivity contribution in [3.63, 3.8) is 0 Å². The molecule has 1 atom stereocenters. The highest BCUT2D eigenvalue weighted by Crippen LogP contribution is 2.55. The highest BCUT2D eigenvalue weighted by molar-refractivity contribution is 5.62. The molecule has 2 N–H and O–H groups in total. The summed E-state index contributed by atoms with van der Waals surface area (Å²) in [6, 6.07) is 13.9. The maximum absolute atomic E-state index is 11.3. The number of aromatic hydroxyl groups is 1. The Balaban J connectivity index is 2.04. The molecule has 2 aliphatic rings. The number of hydrogen-bond donors (Lipinski definition) is 2. The lowest BCUT2D eigenvalue weighted by molar-refractivity contribution is 0.0844. The van der Waals surface area contributed by atoms with E-state index in [4.69, 9.17) is 0 Å². The summed E-state index contributed by atoms with van der Waals surface area (Å²) in [5, 5.41) is 21.8. The van der Waals surface area contributed by atoms with Gasteiger partial charge >= 0.3 is 0 Å². The minimum atomic E-state index is -1.16. The molecule has 0 bridgehead atoms. The van der Waals surface area contributed by atoms with Crippen molar-refractivity contribution >= 4 is 0 Å². The van der Waals surface area contributed by atoms with Crippen molar-refractivity contribution in [1.82, 2.24) is 4.90 Å². The van der Waals surface area contributed by atoms with E-state index in [1.807, 2.05) is 18.2 Å². The van der Waals surface area contributed by atoms with Crippen molar-refractivity contribution in [2.45, 2.75) is 30.8 Å². The summed E-state index contributed by atoms with van der Waals surface area (Å²) >= 11 is 0. The zero-order valence-corrected chi connectivity index (χ0v) is 13.7. The molecule has 1 heterocycles. The third-order valence-corrected chi connectivity index (χ3v) is 5.85. The van der Waals surface area contributed by atoms with E-state index in [1.54, 1.807) is 13.0 Å². The monoisotopic (exact) mass is 309 g/mol. The van der Waals surface area contributed by atoms with Crippen LogP contribution in [-0.2, 0) is 11.0 Å². The van der Waals surface area contributed by atoms with Gasteiger partial charge in [-0.2, -0.15) is 0 Å². The molecular weight excluding hydrogens is 286 g/mol. The second kappa shape index (κ2) is 4.83. The molecule has 0 saturated carbocycles. The highest BCUT2D eigenvalue weighted by Gasteiger charge is 2.49. The first-order chi connectivity index (χ1) is 11.0. The maximum atomic E-state index is 11.3. The summed E-state index contributed by atoms with van der Waals surface area (Å²) < 4.78 is 0. The summed E-state index contributed by atoms with van der Waals surface area (Å²) in [7, 11) is 2.15. The van der Waals surface area contributed by atoms with Crippen molar-refractivity contribution in [2.24, 2.45) is 0 Å². The lowest BCUT2D eigenvalue weighted by atomic mass is 9.58. The number of piperidine rings is 1. The topological polar surface area (TPSA) is 43.7 Å². The maximum Gasteiger partial charge on any atom is 0.122 e. The quantitative estimate of drug-likeness (QED) is 0.786. The molecule has 0 aromatic heterocycles. The molecule has 23 heavy (non-hydrogen) atoms. The molecule has 0 radical (unpaired) electrons. The molecule has 2 aromatic carbocycles. The van der Waals surface area contributed by atoms with Crippen molar-refractivity contribution in [3.05, 3.63) is 64.7 Å². The Kier molecular flexibility index (Phi) is 3.09. The zero-order valence-electron chi connectivity index (χ0n) is 13.7. The number of aliphatic hydroxyl groups is 1. The molecule has 4 rings (SSSR count). The molecule has 2 aromatic rings. The molecule has 1 unspecified atom stereocenters. The van der Waals surface area contributed by atoms with E-state index in [0.717, 1.165) is 37.1 Å². The van der Waals surface area contributed by atoms with Gasteiger partial charge in [-0.25, -0.2) is 0 Å². The number of hydrogen-bond acceptors (Lipinski definition) is 3. The van der Waals surface area contributed by atoms with Crippen LogP contribution >= 0.6 is 0 Å². The van der Waals surface area contributed by atoms with Crippen molar-refractivity contribution in [1.29, 1.82) is 0 Å². The van der Waals surface area contributed by atoms with Crippen LogP contribution in [0.2, 0.25) is 0 Å². The first kappa shape index (κ1) is 14.7. The molecule has 3 heteroatoms. The van der Waals surface area contributed by atoms with Crippen molar-refractivity contribution in [3.8, 4) is 5.75 Å². The average Bonchev–Trinajstić information content (AvgIpc) is 2.55. The summed E-state index contributed by atoms with van der Waals surface area (Å²) in [5.74, 6) is 0.195. The Labute approximate surface area is 137 Å². The fraction of sp³-hybridized carbons (Fsp3) is 0.400. The number of rotatable bonds is 0. The lowest BCUT2D eigenvalue weighted by Gasteiger charge is -2.49. The number of phenolic OH excluding ortho intramolecular Hbond substituents is 1. The molecule has 120 valence electrons. The Morgan fingerprint density at radius 3 is 2.22 bits per heavy atom. The van der Waals surface area contributed by atoms with Crippen LogP contribution in [0.4, 0.5) is 0 Å². The Hall–Kier alpha value is -1.84. The van der Waals surface area contributed by atoms with Crippen LogP contribution in [0.15, 0.2) is 42.5 Å². The second-order valence-corrected chi connectivity index (χ2v) is 7.20. The van der Waals surface area contributed by atoms with Gasteiger partial charge in [-0.3, -0.25) is 0 Å². The van der Waals surface area contributed by atoms with Crippen LogP contribution in [0.1, 0.15) is 42.0 Å². The average molecular weight is 309 g/mol. The fourth-order valence-electron chi connectivity index (χ4n) is 4.59. The highest BCUT2D eigenvalue weighted by atomic mass is 16.3. The third-order valence-electron chi connectivity index (χ3n) is 5.85. The van der Waals surface area contributed by atoms with Crippen LogP contribution in [0.3, 0.4) is 0 Å². The number of benzene rings is 2. The molecule has 1 aliphatic heterocycles. The Morgan fingerprint density at radius 2 is 1.52 bits per heavy atom. The normalized spacial score (nSPS) is 25.9. The lowest BCUT2D eigenvalue weighted by Crippen LogP contribution is -2.47. The van der Waals surface area contributed by atoms with E-state index in [1.165, 1.54) is 5.56 Å². The van der Waals surface area contributed by atoms with Crippen LogP contribution in [0.25, 0.3) is 0 Å². The predicted molar refractivity (Wildman–Crippen MR) is 90.7 cm³/mol. The second-order valence-electron chi connectivity index (χ2n) is 7.20. The summed E-state index contributed by atoms with van der Waals surface area (Å²) in [6.45, 7) is 3.84. The molecule has 1 spiro atoms. The van der Waals surface area contributed by atoms with Gasteiger partial charge in [0.1, 0.15) is 11.4 Å². The number of fused-ring (bicyclic) bond motifs is 4. The minimum Gasteiger partial charge on any atom is -0.508 e. The smallest absolute Gasteiger partial charge is 0.122 e. The van der Waals surface area contributed by atoms with Crippen LogP contribution in [-0.4, -0.2) is 35.3 Å². The van der Waals surface area contributed by atoms with Crippen molar-refractivity contribution < 1.29 is 10.2 Å². The van der Waals surface area contributed by atoms with Gasteiger partial charge in [0.05, 0.1) is 0 Å². The van der Waals surface area contributed by atoms with E-state index < -0.39 is 5.60 Å². The van der Waals surface area contributed by atoms with E-state index in [-0.39, 0.29) is 11.2 Å². The Morgan fingerprint density at radius 1 is 0.913 bits per heavy atom. The van der Waals surface area contributed by atoms with E-state index in [2.05, 4.69) is 30.1 Å². The van der Waals surface area contributed by atoms with Crippen LogP contribution < -0.4 is 0 Å². The minimum absolute atomic E-state index is 0.112. The van der Waals surface area contributed by atoms with E-state index in [0.29, 0.717) is 5.56 Å². The fourth-order valence-corrected chi connectivity index (χ4v) is 4.59. The van der Waals surface area contributed by atoms with Gasteiger partial charge in [0.2, 0.25) is 0 Å². The molecule has 3 nitrogen and oxygen atoms in total. The predicted octanol–water partition coefficient (Wildman–Crippen LogP) is 2.97. The van der Waals surface area contributed by atoms with Gasteiger partial charge in [-0.15, -0.1) is 0 Å². The summed E-state index contributed by atoms with van der Waals surface area (Å²) in [5.41, 5.74) is 2.65. The standard InChI is InChI=1S/C20H23NO2/c1-19(23)14-6-3-4-7-15(14)20(10-12-21(2)13-11-20)16-8-5-9-17(22)18(16)19/h3-9,22-23H,10-13H2,1-2H3. The molecule has 1 saturated heterocycles. The van der Waals surface area contributed by atoms with Gasteiger partial charge in [0.15, 0.2) is 0 Å². The molecule has 1 fully saturated rings. The molecule has 0 amide bonds. The summed E-state index contributed by atoms with van der Waals surface area (Å²) in [4.78, 5) is 2.35. The van der Waals surface area contributed by atoms with Crippen LogP contribution in [0.5, 0.6) is 5.75 Å². The van der Waals surface area contributed by atoms with Crippen LogP contribution in [0, 0.1) is 0 Å². The van der Waals surface area contributed by atoms with Gasteiger partial charge in [-0.1, -0.05) is 36.4 Å².